The summed E-state index contributed by atoms with van der Waals surface area (Å²) in [5, 5.41) is 11.2. The van der Waals surface area contributed by atoms with Crippen molar-refractivity contribution < 1.29 is 19.2 Å². The molecule has 2 aromatic carbocycles. The Bertz CT molecular complexity index is 945. The highest BCUT2D eigenvalue weighted by Gasteiger charge is 2.16. The van der Waals surface area contributed by atoms with Gasteiger partial charge in [0.15, 0.2) is 0 Å². The highest BCUT2D eigenvalue weighted by molar-refractivity contribution is 5.99. The average Bonchev–Trinajstić information content (AvgIpc) is 2.71. The van der Waals surface area contributed by atoms with Crippen molar-refractivity contribution in [3.05, 3.63) is 59.7 Å². The number of hydrogen-bond acceptors (Lipinski definition) is 4. The number of anilines is 2. The minimum atomic E-state index is -0.340. The number of amides is 4. The Hall–Kier alpha value is -3.68. The van der Waals surface area contributed by atoms with Gasteiger partial charge in [0, 0.05) is 46.4 Å². The Morgan fingerprint density at radius 1 is 0.559 bits per heavy atom. The third-order valence-corrected chi connectivity index (χ3v) is 4.42. The van der Waals surface area contributed by atoms with Gasteiger partial charge in [-0.15, -0.1) is 0 Å². The zero-order valence-electron chi connectivity index (χ0n) is 20.7. The lowest BCUT2D eigenvalue weighted by atomic mass is 10.1. The van der Waals surface area contributed by atoms with Crippen molar-refractivity contribution in [2.45, 2.75) is 65.5 Å². The van der Waals surface area contributed by atoms with E-state index in [2.05, 4.69) is 21.3 Å². The van der Waals surface area contributed by atoms with Gasteiger partial charge in [-0.1, -0.05) is 0 Å². The van der Waals surface area contributed by atoms with Crippen molar-refractivity contribution >= 4 is 35.0 Å². The lowest BCUT2D eigenvalue weighted by molar-refractivity contribution is -0.121. The smallest absolute Gasteiger partial charge is 0.251 e. The van der Waals surface area contributed by atoms with Crippen LogP contribution in [0.25, 0.3) is 0 Å². The van der Waals surface area contributed by atoms with Gasteiger partial charge in [0.2, 0.25) is 11.8 Å². The van der Waals surface area contributed by atoms with Gasteiger partial charge in [-0.3, -0.25) is 19.2 Å². The van der Waals surface area contributed by atoms with E-state index in [1.54, 1.807) is 48.5 Å². The predicted molar refractivity (Wildman–Crippen MR) is 134 cm³/mol. The lowest BCUT2D eigenvalue weighted by Crippen LogP contribution is -2.40. The summed E-state index contributed by atoms with van der Waals surface area (Å²) in [6, 6.07) is 13.1. The molecule has 2 rings (SSSR count). The Morgan fingerprint density at radius 3 is 1.12 bits per heavy atom. The van der Waals surface area contributed by atoms with Crippen molar-refractivity contribution in [1.82, 2.24) is 10.6 Å². The van der Waals surface area contributed by atoms with Crippen molar-refractivity contribution in [2.24, 2.45) is 0 Å². The van der Waals surface area contributed by atoms with E-state index in [0.29, 0.717) is 22.5 Å². The van der Waals surface area contributed by atoms with E-state index in [9.17, 15) is 19.2 Å². The van der Waals surface area contributed by atoms with Crippen LogP contribution < -0.4 is 21.3 Å². The summed E-state index contributed by atoms with van der Waals surface area (Å²) in [4.78, 5) is 48.7. The van der Waals surface area contributed by atoms with Gasteiger partial charge in [-0.05, 0) is 90.1 Å². The van der Waals surface area contributed by atoms with Crippen molar-refractivity contribution in [3.8, 4) is 0 Å². The molecule has 4 amide bonds. The van der Waals surface area contributed by atoms with Crippen LogP contribution >= 0.6 is 0 Å². The van der Waals surface area contributed by atoms with Crippen LogP contribution in [0.2, 0.25) is 0 Å². The molecule has 0 unspecified atom stereocenters. The molecule has 0 saturated heterocycles. The van der Waals surface area contributed by atoms with Crippen molar-refractivity contribution in [1.29, 1.82) is 0 Å². The minimum absolute atomic E-state index is 0.00413. The Morgan fingerprint density at radius 2 is 0.853 bits per heavy atom. The molecule has 4 N–H and O–H groups in total. The normalized spacial score (nSPS) is 11.4. The van der Waals surface area contributed by atoms with Gasteiger partial charge in [-0.2, -0.15) is 0 Å². The summed E-state index contributed by atoms with van der Waals surface area (Å²) in [5.74, 6) is -0.998. The van der Waals surface area contributed by atoms with E-state index < -0.39 is 0 Å². The number of benzene rings is 2. The maximum atomic E-state index is 12.2. The van der Waals surface area contributed by atoms with Gasteiger partial charge in [0.25, 0.3) is 11.8 Å². The van der Waals surface area contributed by atoms with E-state index in [4.69, 9.17) is 0 Å². The quantitative estimate of drug-likeness (QED) is 0.491. The van der Waals surface area contributed by atoms with E-state index in [-0.39, 0.29) is 47.5 Å². The lowest BCUT2D eigenvalue weighted by Gasteiger charge is -2.20. The zero-order chi connectivity index (χ0) is 25.5. The van der Waals surface area contributed by atoms with Crippen LogP contribution in [0.5, 0.6) is 0 Å². The number of carbonyl (C=O) groups is 4. The molecule has 182 valence electrons. The summed E-state index contributed by atoms with van der Waals surface area (Å²) in [7, 11) is 0. The van der Waals surface area contributed by atoms with Crippen LogP contribution in [0.4, 0.5) is 11.4 Å². The molecule has 0 saturated carbocycles. The first kappa shape index (κ1) is 26.6. The number of nitrogens with one attached hydrogen (secondary N) is 4. The Kier molecular flexibility index (Phi) is 8.57. The zero-order valence-corrected chi connectivity index (χ0v) is 20.7. The second-order valence-corrected chi connectivity index (χ2v) is 10.2. The van der Waals surface area contributed by atoms with E-state index >= 15 is 0 Å². The summed E-state index contributed by atoms with van der Waals surface area (Å²) in [6.45, 7) is 11.4. The molecule has 0 atom stereocenters. The van der Waals surface area contributed by atoms with E-state index in [0.717, 1.165) is 0 Å². The fourth-order valence-electron chi connectivity index (χ4n) is 2.91. The summed E-state index contributed by atoms with van der Waals surface area (Å²) >= 11 is 0. The Balaban J connectivity index is 1.80. The fourth-order valence-corrected chi connectivity index (χ4v) is 2.91. The third kappa shape index (κ3) is 9.44. The first-order chi connectivity index (χ1) is 15.7. The molecule has 0 fully saturated rings. The summed E-state index contributed by atoms with van der Waals surface area (Å²) in [5.41, 5.74) is 1.40. The van der Waals surface area contributed by atoms with Crippen LogP contribution in [0.3, 0.4) is 0 Å². The molecule has 8 nitrogen and oxygen atoms in total. The standard InChI is InChI=1S/C26H34N4O4/c1-25(2,3)29-23(33)17-7-11-19(12-8-17)27-21(31)15-16-22(32)28-20-13-9-18(10-14-20)24(34)30-26(4,5)6/h7-14H,15-16H2,1-6H3,(H,27,31)(H,28,32)(H,29,33)(H,30,34). The molecule has 0 aliphatic rings. The largest absolute Gasteiger partial charge is 0.347 e. The monoisotopic (exact) mass is 466 g/mol. The summed E-state index contributed by atoms with van der Waals surface area (Å²) in [6.07, 6.45) is 0.00827. The number of hydrogen-bond donors (Lipinski definition) is 4. The number of rotatable bonds is 7. The van der Waals surface area contributed by atoms with Gasteiger partial charge in [0.1, 0.15) is 0 Å². The number of carbonyl (C=O) groups excluding carboxylic acids is 4. The second kappa shape index (κ2) is 11.0. The van der Waals surface area contributed by atoms with Crippen LogP contribution in [0, 0.1) is 0 Å². The second-order valence-electron chi connectivity index (χ2n) is 10.2. The predicted octanol–water partition coefficient (Wildman–Crippen LogP) is 4.10. The van der Waals surface area contributed by atoms with Gasteiger partial charge in [-0.25, -0.2) is 0 Å². The molecule has 34 heavy (non-hydrogen) atoms. The maximum absolute atomic E-state index is 12.2. The average molecular weight is 467 g/mol. The third-order valence-electron chi connectivity index (χ3n) is 4.42. The molecular weight excluding hydrogens is 432 g/mol. The molecule has 0 bridgehead atoms. The molecule has 0 aliphatic heterocycles. The van der Waals surface area contributed by atoms with Crippen LogP contribution in [-0.2, 0) is 9.59 Å². The van der Waals surface area contributed by atoms with Gasteiger partial charge in [0.05, 0.1) is 0 Å². The van der Waals surface area contributed by atoms with Gasteiger partial charge >= 0.3 is 0 Å². The van der Waals surface area contributed by atoms with Crippen molar-refractivity contribution in [2.75, 3.05) is 10.6 Å². The SMILES string of the molecule is CC(C)(C)NC(=O)c1ccc(NC(=O)CCC(=O)Nc2ccc(C(=O)NC(C)(C)C)cc2)cc1. The molecule has 0 heterocycles. The first-order valence-electron chi connectivity index (χ1n) is 11.2. The molecular formula is C26H34N4O4. The van der Waals surface area contributed by atoms with Crippen LogP contribution in [0.1, 0.15) is 75.1 Å². The highest BCUT2D eigenvalue weighted by Crippen LogP contribution is 2.14. The fraction of sp³-hybridized carbons (Fsp3) is 0.385. The van der Waals surface area contributed by atoms with Crippen LogP contribution in [0.15, 0.2) is 48.5 Å². The summed E-state index contributed by atoms with van der Waals surface area (Å²) < 4.78 is 0. The van der Waals surface area contributed by atoms with E-state index in [1.807, 2.05) is 41.5 Å². The van der Waals surface area contributed by atoms with E-state index in [1.165, 1.54) is 0 Å². The minimum Gasteiger partial charge on any atom is -0.347 e. The molecule has 0 radical (unpaired) electrons. The first-order valence-corrected chi connectivity index (χ1v) is 11.2. The topological polar surface area (TPSA) is 116 Å². The molecule has 2 aromatic rings. The molecule has 8 heteroatoms. The molecule has 0 aromatic heterocycles. The van der Waals surface area contributed by atoms with Crippen molar-refractivity contribution in [3.63, 3.8) is 0 Å². The molecule has 0 aliphatic carbocycles. The maximum Gasteiger partial charge on any atom is 0.251 e. The van der Waals surface area contributed by atoms with Gasteiger partial charge < -0.3 is 21.3 Å². The molecule has 0 spiro atoms. The highest BCUT2D eigenvalue weighted by atomic mass is 16.2. The van der Waals surface area contributed by atoms with Crippen LogP contribution in [-0.4, -0.2) is 34.7 Å². The Labute approximate surface area is 200 Å².